The Labute approximate surface area is 118 Å². The van der Waals surface area contributed by atoms with Crippen LogP contribution >= 0.6 is 27.3 Å². The van der Waals surface area contributed by atoms with E-state index in [0.717, 1.165) is 4.47 Å². The van der Waals surface area contributed by atoms with Crippen molar-refractivity contribution in [1.82, 2.24) is 0 Å². The van der Waals surface area contributed by atoms with Crippen molar-refractivity contribution in [1.29, 1.82) is 0 Å². The number of thiophene rings is 1. The van der Waals surface area contributed by atoms with E-state index in [-0.39, 0.29) is 11.9 Å². The molecule has 1 unspecified atom stereocenters. The summed E-state index contributed by atoms with van der Waals surface area (Å²) in [5.41, 5.74) is 0.587. The monoisotopic (exact) mass is 325 g/mol. The molecule has 1 aliphatic carbocycles. The molecular formula is C14H13BrFNS. The highest BCUT2D eigenvalue weighted by Gasteiger charge is 2.33. The molecule has 18 heavy (non-hydrogen) atoms. The maximum atomic E-state index is 13.8. The van der Waals surface area contributed by atoms with Crippen molar-refractivity contribution in [2.24, 2.45) is 5.92 Å². The van der Waals surface area contributed by atoms with E-state index in [1.165, 1.54) is 23.8 Å². The highest BCUT2D eigenvalue weighted by Crippen LogP contribution is 2.44. The average Bonchev–Trinajstić information content (AvgIpc) is 3.03. The first-order valence-electron chi connectivity index (χ1n) is 5.99. The van der Waals surface area contributed by atoms with Gasteiger partial charge in [0.15, 0.2) is 0 Å². The molecule has 4 heteroatoms. The predicted octanol–water partition coefficient (Wildman–Crippen LogP) is 5.21. The van der Waals surface area contributed by atoms with Gasteiger partial charge in [0.2, 0.25) is 0 Å². The summed E-state index contributed by atoms with van der Waals surface area (Å²) in [5, 5.41) is 5.43. The van der Waals surface area contributed by atoms with E-state index in [1.807, 2.05) is 6.07 Å². The molecule has 2 aromatic rings. The second-order valence-electron chi connectivity index (χ2n) is 4.60. The first-order valence-corrected chi connectivity index (χ1v) is 7.66. The van der Waals surface area contributed by atoms with Gasteiger partial charge in [-0.1, -0.05) is 22.0 Å². The third-order valence-electron chi connectivity index (χ3n) is 3.19. The number of hydrogen-bond acceptors (Lipinski definition) is 2. The number of halogens is 2. The average molecular weight is 326 g/mol. The Morgan fingerprint density at radius 1 is 1.33 bits per heavy atom. The summed E-state index contributed by atoms with van der Waals surface area (Å²) >= 11 is 5.01. The van der Waals surface area contributed by atoms with Crippen molar-refractivity contribution in [3.63, 3.8) is 0 Å². The lowest BCUT2D eigenvalue weighted by atomic mass is 10.1. The minimum Gasteiger partial charge on any atom is -0.375 e. The van der Waals surface area contributed by atoms with Crippen molar-refractivity contribution >= 4 is 33.0 Å². The molecule has 0 saturated heterocycles. The van der Waals surface area contributed by atoms with Crippen molar-refractivity contribution in [3.05, 3.63) is 50.9 Å². The minimum absolute atomic E-state index is 0.202. The summed E-state index contributed by atoms with van der Waals surface area (Å²) in [6, 6.07) is 9.58. The summed E-state index contributed by atoms with van der Waals surface area (Å²) in [4.78, 5) is 1.29. The third-order valence-corrected chi connectivity index (χ3v) is 4.63. The van der Waals surface area contributed by atoms with Crippen LogP contribution in [0, 0.1) is 11.7 Å². The number of hydrogen-bond donors (Lipinski definition) is 1. The fourth-order valence-corrected chi connectivity index (χ4v) is 3.30. The Morgan fingerprint density at radius 3 is 2.78 bits per heavy atom. The lowest BCUT2D eigenvalue weighted by Gasteiger charge is -2.18. The standard InChI is InChI=1S/C14H13BrFNS/c15-10-5-6-12(11(16)8-10)17-14(9-3-4-9)13-2-1-7-18-13/h1-2,5-9,14,17H,3-4H2. The normalized spacial score (nSPS) is 16.6. The van der Waals surface area contributed by atoms with Gasteiger partial charge in [-0.3, -0.25) is 0 Å². The van der Waals surface area contributed by atoms with Gasteiger partial charge in [0.1, 0.15) is 5.82 Å². The van der Waals surface area contributed by atoms with Crippen molar-refractivity contribution in [2.45, 2.75) is 18.9 Å². The van der Waals surface area contributed by atoms with E-state index in [1.54, 1.807) is 17.4 Å². The molecule has 94 valence electrons. The summed E-state index contributed by atoms with van der Waals surface area (Å²) < 4.78 is 14.6. The topological polar surface area (TPSA) is 12.0 Å². The quantitative estimate of drug-likeness (QED) is 0.813. The van der Waals surface area contributed by atoms with Crippen LogP contribution in [0.5, 0.6) is 0 Å². The van der Waals surface area contributed by atoms with Crippen LogP contribution in [0.15, 0.2) is 40.2 Å². The van der Waals surface area contributed by atoms with Crippen molar-refractivity contribution < 1.29 is 4.39 Å². The summed E-state index contributed by atoms with van der Waals surface area (Å²) in [5.74, 6) is 0.443. The zero-order valence-corrected chi connectivity index (χ0v) is 12.1. The molecular weight excluding hydrogens is 313 g/mol. The molecule has 1 nitrogen and oxygen atoms in total. The third kappa shape index (κ3) is 2.59. The maximum absolute atomic E-state index is 13.8. The fraction of sp³-hybridized carbons (Fsp3) is 0.286. The van der Waals surface area contributed by atoms with Crippen LogP contribution in [0.3, 0.4) is 0 Å². The first-order chi connectivity index (χ1) is 8.74. The molecule has 1 fully saturated rings. The highest BCUT2D eigenvalue weighted by atomic mass is 79.9. The van der Waals surface area contributed by atoms with Crippen molar-refractivity contribution in [3.8, 4) is 0 Å². The van der Waals surface area contributed by atoms with Crippen LogP contribution in [-0.2, 0) is 0 Å². The Morgan fingerprint density at radius 2 is 2.17 bits per heavy atom. The van der Waals surface area contributed by atoms with E-state index >= 15 is 0 Å². The molecule has 1 aromatic heterocycles. The molecule has 0 spiro atoms. The van der Waals surface area contributed by atoms with Crippen LogP contribution in [0.25, 0.3) is 0 Å². The van der Waals surface area contributed by atoms with Gasteiger partial charge in [-0.05, 0) is 48.4 Å². The van der Waals surface area contributed by atoms with Gasteiger partial charge in [-0.15, -0.1) is 11.3 Å². The molecule has 0 amide bonds. The molecule has 1 heterocycles. The Bertz CT molecular complexity index is 537. The molecule has 1 aromatic carbocycles. The van der Waals surface area contributed by atoms with E-state index in [9.17, 15) is 4.39 Å². The predicted molar refractivity (Wildman–Crippen MR) is 77.5 cm³/mol. The van der Waals surface area contributed by atoms with Gasteiger partial charge in [0, 0.05) is 9.35 Å². The molecule has 1 atom stereocenters. The van der Waals surface area contributed by atoms with Crippen LogP contribution in [0.2, 0.25) is 0 Å². The van der Waals surface area contributed by atoms with E-state index < -0.39 is 0 Å². The maximum Gasteiger partial charge on any atom is 0.147 e. The zero-order chi connectivity index (χ0) is 12.5. The molecule has 1 aliphatic rings. The fourth-order valence-electron chi connectivity index (χ4n) is 2.09. The van der Waals surface area contributed by atoms with E-state index in [0.29, 0.717) is 11.6 Å². The van der Waals surface area contributed by atoms with Crippen molar-refractivity contribution in [2.75, 3.05) is 5.32 Å². The van der Waals surface area contributed by atoms with E-state index in [4.69, 9.17) is 0 Å². The molecule has 0 bridgehead atoms. The highest BCUT2D eigenvalue weighted by molar-refractivity contribution is 9.10. The number of rotatable bonds is 4. The Hall–Kier alpha value is -0.870. The first kappa shape index (κ1) is 12.2. The van der Waals surface area contributed by atoms with Gasteiger partial charge < -0.3 is 5.32 Å². The number of nitrogens with one attached hydrogen (secondary N) is 1. The van der Waals surface area contributed by atoms with Gasteiger partial charge in [0.25, 0.3) is 0 Å². The largest absolute Gasteiger partial charge is 0.375 e. The Kier molecular flexibility index (Phi) is 3.39. The number of benzene rings is 1. The molecule has 0 radical (unpaired) electrons. The van der Waals surface area contributed by atoms with Crippen LogP contribution in [0.1, 0.15) is 23.8 Å². The zero-order valence-electron chi connectivity index (χ0n) is 9.70. The second-order valence-corrected chi connectivity index (χ2v) is 6.49. The lowest BCUT2D eigenvalue weighted by Crippen LogP contribution is -2.12. The van der Waals surface area contributed by atoms with Crippen LogP contribution < -0.4 is 5.32 Å². The molecule has 3 rings (SSSR count). The van der Waals surface area contributed by atoms with Gasteiger partial charge in [-0.2, -0.15) is 0 Å². The SMILES string of the molecule is Fc1cc(Br)ccc1NC(c1cccs1)C1CC1. The summed E-state index contributed by atoms with van der Waals surface area (Å²) in [6.07, 6.45) is 2.46. The molecule has 0 aliphatic heterocycles. The number of anilines is 1. The van der Waals surface area contributed by atoms with Gasteiger partial charge in [-0.25, -0.2) is 4.39 Å². The summed E-state index contributed by atoms with van der Waals surface area (Å²) in [7, 11) is 0. The lowest BCUT2D eigenvalue weighted by molar-refractivity contribution is 0.617. The second kappa shape index (κ2) is 5.02. The van der Waals surface area contributed by atoms with Gasteiger partial charge in [0.05, 0.1) is 11.7 Å². The Balaban J connectivity index is 1.84. The molecule has 1 saturated carbocycles. The summed E-state index contributed by atoms with van der Waals surface area (Å²) in [6.45, 7) is 0. The van der Waals surface area contributed by atoms with Crippen LogP contribution in [0.4, 0.5) is 10.1 Å². The van der Waals surface area contributed by atoms with Crippen LogP contribution in [-0.4, -0.2) is 0 Å². The van der Waals surface area contributed by atoms with Gasteiger partial charge >= 0.3 is 0 Å². The van der Waals surface area contributed by atoms with E-state index in [2.05, 4.69) is 38.8 Å². The smallest absolute Gasteiger partial charge is 0.147 e. The minimum atomic E-state index is -0.202. The molecule has 1 N–H and O–H groups in total.